The van der Waals surface area contributed by atoms with Gasteiger partial charge in [-0.05, 0) is 38.4 Å². The number of likely N-dealkylation sites (N-methyl/N-ethyl adjacent to an activating group) is 1. The molecule has 0 saturated carbocycles. The third-order valence-corrected chi connectivity index (χ3v) is 4.05. The number of aromatic nitrogens is 1. The number of aromatic amines is 1. The van der Waals surface area contributed by atoms with Crippen molar-refractivity contribution in [2.45, 2.75) is 6.92 Å². The van der Waals surface area contributed by atoms with E-state index >= 15 is 0 Å². The Morgan fingerprint density at radius 2 is 1.74 bits per heavy atom. The normalized spacial score (nSPS) is 10.4. The van der Waals surface area contributed by atoms with E-state index in [-0.39, 0.29) is 36.2 Å². The highest BCUT2D eigenvalue weighted by molar-refractivity contribution is 6.07. The number of fused-ring (bicyclic) bond motifs is 2. The van der Waals surface area contributed by atoms with Gasteiger partial charge in [0.25, 0.3) is 0 Å². The number of nitrogens with zero attached hydrogens (tertiary/aromatic N) is 1. The Morgan fingerprint density at radius 1 is 1.07 bits per heavy atom. The predicted molar refractivity (Wildman–Crippen MR) is 118 cm³/mol. The molecule has 3 aromatic rings. The second kappa shape index (κ2) is 9.60. The number of nitrogens with one attached hydrogen (secondary N) is 3. The highest BCUT2D eigenvalue weighted by atomic mass is 35.5. The molecule has 1 heterocycles. The maximum Gasteiger partial charge on any atom is 0.221 e. The third kappa shape index (κ3) is 4.91. The van der Waals surface area contributed by atoms with Crippen LogP contribution in [0.2, 0.25) is 0 Å². The number of rotatable bonds is 5. The smallest absolute Gasteiger partial charge is 0.221 e. The van der Waals surface area contributed by atoms with E-state index in [0.717, 1.165) is 17.7 Å². The zero-order chi connectivity index (χ0) is 18.0. The zero-order valence-electron chi connectivity index (χ0n) is 15.5. The lowest BCUT2D eigenvalue weighted by molar-refractivity contribution is -0.114. The maximum absolute atomic E-state index is 13.1. The number of amides is 1. The van der Waals surface area contributed by atoms with Crippen LogP contribution in [0.15, 0.2) is 41.2 Å². The summed E-state index contributed by atoms with van der Waals surface area (Å²) in [6.07, 6.45) is 0. The molecule has 146 valence electrons. The molecule has 2 aromatic carbocycles. The van der Waals surface area contributed by atoms with Gasteiger partial charge in [0.15, 0.2) is 5.43 Å². The summed E-state index contributed by atoms with van der Waals surface area (Å²) in [5.41, 5.74) is 2.69. The Labute approximate surface area is 170 Å². The zero-order valence-corrected chi connectivity index (χ0v) is 17.1. The van der Waals surface area contributed by atoms with Crippen LogP contribution in [0.5, 0.6) is 0 Å². The first-order valence-electron chi connectivity index (χ1n) is 8.21. The quantitative estimate of drug-likeness (QED) is 0.562. The molecule has 0 radical (unpaired) electrons. The molecule has 3 rings (SSSR count). The van der Waals surface area contributed by atoms with Crippen molar-refractivity contribution in [2.24, 2.45) is 0 Å². The first-order valence-corrected chi connectivity index (χ1v) is 8.21. The number of H-pyrrole nitrogens is 1. The third-order valence-electron chi connectivity index (χ3n) is 4.05. The number of carbonyl (C=O) groups is 1. The number of benzene rings is 2. The molecule has 0 aliphatic heterocycles. The number of para-hydroxylation sites is 1. The van der Waals surface area contributed by atoms with Gasteiger partial charge in [-0.2, -0.15) is 0 Å². The van der Waals surface area contributed by atoms with Gasteiger partial charge in [-0.3, -0.25) is 9.59 Å². The highest BCUT2D eigenvalue weighted by Gasteiger charge is 2.13. The van der Waals surface area contributed by atoms with Crippen molar-refractivity contribution in [3.8, 4) is 0 Å². The molecule has 6 nitrogen and oxygen atoms in total. The van der Waals surface area contributed by atoms with E-state index < -0.39 is 0 Å². The van der Waals surface area contributed by atoms with E-state index in [0.29, 0.717) is 28.5 Å². The lowest BCUT2D eigenvalue weighted by Crippen LogP contribution is -2.21. The van der Waals surface area contributed by atoms with Crippen LogP contribution < -0.4 is 16.1 Å². The molecule has 0 fully saturated rings. The first kappa shape index (κ1) is 22.8. The van der Waals surface area contributed by atoms with Gasteiger partial charge in [-0.1, -0.05) is 12.1 Å². The summed E-state index contributed by atoms with van der Waals surface area (Å²) >= 11 is 0. The van der Waals surface area contributed by atoms with Crippen molar-refractivity contribution in [1.29, 1.82) is 0 Å². The Balaban J connectivity index is 0.00000182. The largest absolute Gasteiger partial charge is 0.383 e. The van der Waals surface area contributed by atoms with E-state index in [1.54, 1.807) is 0 Å². The number of hydrogen-bond donors (Lipinski definition) is 3. The van der Waals surface area contributed by atoms with Crippen molar-refractivity contribution >= 4 is 63.9 Å². The summed E-state index contributed by atoms with van der Waals surface area (Å²) in [4.78, 5) is 29.9. The molecule has 0 saturated heterocycles. The van der Waals surface area contributed by atoms with Crippen LogP contribution >= 0.6 is 24.8 Å². The molecule has 0 atom stereocenters. The minimum Gasteiger partial charge on any atom is -0.383 e. The van der Waals surface area contributed by atoms with Crippen LogP contribution in [0.1, 0.15) is 6.92 Å². The molecule has 3 N–H and O–H groups in total. The molecule has 27 heavy (non-hydrogen) atoms. The number of hydrogen-bond acceptors (Lipinski definition) is 4. The lowest BCUT2D eigenvalue weighted by atomic mass is 10.1. The number of anilines is 2. The SMILES string of the molecule is CC(=O)Nc1ccc(NCCN(C)C)c2c(=O)c3ccccc3[nH]c12.Cl.Cl. The van der Waals surface area contributed by atoms with Crippen LogP contribution in [0.3, 0.4) is 0 Å². The van der Waals surface area contributed by atoms with Gasteiger partial charge >= 0.3 is 0 Å². The Hall–Kier alpha value is -2.28. The molecule has 0 bridgehead atoms. The molecule has 1 aromatic heterocycles. The molecular formula is C19H24Cl2N4O2. The van der Waals surface area contributed by atoms with Gasteiger partial charge < -0.3 is 20.5 Å². The topological polar surface area (TPSA) is 77.2 Å². The standard InChI is InChI=1S/C19H22N4O2.2ClH/c1-12(24)21-16-9-8-15(20-10-11-23(2)3)17-18(16)22-14-7-5-4-6-13(14)19(17)25;;/h4-9,20H,10-11H2,1-3H3,(H,21,24)(H,22,25);2*1H. The maximum atomic E-state index is 13.1. The molecule has 8 heteroatoms. The molecule has 1 amide bonds. The second-order valence-electron chi connectivity index (χ2n) is 6.32. The van der Waals surface area contributed by atoms with Gasteiger partial charge in [-0.15, -0.1) is 24.8 Å². The van der Waals surface area contributed by atoms with Crippen molar-refractivity contribution in [1.82, 2.24) is 9.88 Å². The van der Waals surface area contributed by atoms with Crippen molar-refractivity contribution in [2.75, 3.05) is 37.8 Å². The summed E-state index contributed by atoms with van der Waals surface area (Å²) in [5.74, 6) is -0.177. The van der Waals surface area contributed by atoms with E-state index in [9.17, 15) is 9.59 Å². The van der Waals surface area contributed by atoms with E-state index in [2.05, 4.69) is 20.5 Å². The monoisotopic (exact) mass is 410 g/mol. The van der Waals surface area contributed by atoms with Gasteiger partial charge in [-0.25, -0.2) is 0 Å². The average Bonchev–Trinajstić information content (AvgIpc) is 2.56. The minimum atomic E-state index is -0.177. The summed E-state index contributed by atoms with van der Waals surface area (Å²) in [5, 5.41) is 7.32. The Bertz CT molecular complexity index is 1000. The van der Waals surface area contributed by atoms with Crippen LogP contribution in [-0.2, 0) is 4.79 Å². The van der Waals surface area contributed by atoms with Crippen molar-refractivity contribution < 1.29 is 4.79 Å². The average molecular weight is 411 g/mol. The fourth-order valence-electron chi connectivity index (χ4n) is 2.88. The molecule has 0 unspecified atom stereocenters. The van der Waals surface area contributed by atoms with Crippen LogP contribution in [-0.4, -0.2) is 43.0 Å². The Morgan fingerprint density at radius 3 is 2.41 bits per heavy atom. The Kier molecular flexibility index (Phi) is 8.09. The van der Waals surface area contributed by atoms with Crippen molar-refractivity contribution in [3.05, 3.63) is 46.6 Å². The van der Waals surface area contributed by atoms with E-state index in [1.807, 2.05) is 50.5 Å². The number of halogens is 2. The van der Waals surface area contributed by atoms with Gasteiger partial charge in [0.05, 0.1) is 16.6 Å². The van der Waals surface area contributed by atoms with E-state index in [4.69, 9.17) is 0 Å². The summed E-state index contributed by atoms with van der Waals surface area (Å²) in [6, 6.07) is 11.0. The minimum absolute atomic E-state index is 0. The molecule has 0 spiro atoms. The number of carbonyl (C=O) groups excluding carboxylic acids is 1. The van der Waals surface area contributed by atoms with Gasteiger partial charge in [0.2, 0.25) is 5.91 Å². The lowest BCUT2D eigenvalue weighted by Gasteiger charge is -2.15. The first-order chi connectivity index (χ1) is 12.0. The summed E-state index contributed by atoms with van der Waals surface area (Å²) < 4.78 is 0. The summed E-state index contributed by atoms with van der Waals surface area (Å²) in [6.45, 7) is 3.02. The van der Waals surface area contributed by atoms with Crippen molar-refractivity contribution in [3.63, 3.8) is 0 Å². The van der Waals surface area contributed by atoms with Gasteiger partial charge in [0, 0.05) is 36.6 Å². The van der Waals surface area contributed by atoms with Crippen LogP contribution in [0.25, 0.3) is 21.8 Å². The molecular weight excluding hydrogens is 387 g/mol. The fourth-order valence-corrected chi connectivity index (χ4v) is 2.88. The number of pyridine rings is 1. The molecule has 0 aliphatic rings. The fraction of sp³-hybridized carbons (Fsp3) is 0.263. The van der Waals surface area contributed by atoms with Gasteiger partial charge in [0.1, 0.15) is 0 Å². The van der Waals surface area contributed by atoms with Crippen LogP contribution in [0.4, 0.5) is 11.4 Å². The van der Waals surface area contributed by atoms with E-state index in [1.165, 1.54) is 6.92 Å². The predicted octanol–water partition coefficient (Wildman–Crippen LogP) is 3.46. The second-order valence-corrected chi connectivity index (χ2v) is 6.32. The molecule has 0 aliphatic carbocycles. The summed E-state index contributed by atoms with van der Waals surface area (Å²) in [7, 11) is 4.00. The highest BCUT2D eigenvalue weighted by Crippen LogP contribution is 2.28. The van der Waals surface area contributed by atoms with Crippen LogP contribution in [0, 0.1) is 0 Å².